The quantitative estimate of drug-likeness (QED) is 0.350. The van der Waals surface area contributed by atoms with E-state index in [-0.39, 0.29) is 18.3 Å². The predicted molar refractivity (Wildman–Crippen MR) is 123 cm³/mol. The molecule has 0 radical (unpaired) electrons. The van der Waals surface area contributed by atoms with Crippen molar-refractivity contribution in [2.45, 2.75) is 25.1 Å². The fourth-order valence-corrected chi connectivity index (χ4v) is 4.41. The Morgan fingerprint density at radius 3 is 2.53 bits per heavy atom. The Kier molecular flexibility index (Phi) is 8.12. The number of amides is 1. The lowest BCUT2D eigenvalue weighted by molar-refractivity contribution is -0.113. The molecule has 1 N–H and O–H groups in total. The van der Waals surface area contributed by atoms with Gasteiger partial charge >= 0.3 is 5.97 Å². The van der Waals surface area contributed by atoms with E-state index in [0.29, 0.717) is 27.3 Å². The van der Waals surface area contributed by atoms with Gasteiger partial charge in [0.1, 0.15) is 23.1 Å². The van der Waals surface area contributed by atoms with E-state index in [2.05, 4.69) is 15.5 Å². The third kappa shape index (κ3) is 5.80. The molecule has 0 saturated heterocycles. The van der Waals surface area contributed by atoms with Crippen LogP contribution in [0.2, 0.25) is 0 Å². The van der Waals surface area contributed by atoms with Crippen LogP contribution in [0.3, 0.4) is 0 Å². The maximum atomic E-state index is 12.5. The Labute approximate surface area is 194 Å². The molecule has 1 amide bonds. The van der Waals surface area contributed by atoms with E-state index in [0.717, 1.165) is 17.0 Å². The number of aryl methyl sites for hydroxylation is 1. The van der Waals surface area contributed by atoms with Gasteiger partial charge in [-0.3, -0.25) is 4.79 Å². The summed E-state index contributed by atoms with van der Waals surface area (Å²) >= 11 is 2.62. The van der Waals surface area contributed by atoms with Crippen molar-refractivity contribution < 1.29 is 23.8 Å². The predicted octanol–water partition coefficient (Wildman–Crippen LogP) is 3.54. The van der Waals surface area contributed by atoms with Crippen LogP contribution in [0.4, 0.5) is 5.00 Å². The second-order valence-corrected chi connectivity index (χ2v) is 8.64. The number of rotatable bonds is 10. The number of hydrogen-bond acceptors (Lipinski definition) is 9. The topological polar surface area (TPSA) is 105 Å². The Morgan fingerprint density at radius 1 is 1.16 bits per heavy atom. The molecule has 32 heavy (non-hydrogen) atoms. The molecule has 1 aromatic carbocycles. The van der Waals surface area contributed by atoms with E-state index in [1.807, 2.05) is 38.2 Å². The summed E-state index contributed by atoms with van der Waals surface area (Å²) in [4.78, 5) is 25.4. The third-order valence-electron chi connectivity index (χ3n) is 4.47. The maximum absolute atomic E-state index is 12.5. The monoisotopic (exact) mass is 476 g/mol. The first kappa shape index (κ1) is 23.6. The minimum atomic E-state index is -0.473. The highest BCUT2D eigenvalue weighted by Gasteiger charge is 2.19. The third-order valence-corrected chi connectivity index (χ3v) is 6.69. The number of thiophene rings is 1. The smallest absolute Gasteiger partial charge is 0.340 e. The lowest BCUT2D eigenvalue weighted by atomic mass is 10.2. The zero-order chi connectivity index (χ0) is 23.1. The van der Waals surface area contributed by atoms with Crippen molar-refractivity contribution >= 4 is 40.0 Å². The van der Waals surface area contributed by atoms with Gasteiger partial charge in [-0.05, 0) is 36.8 Å². The highest BCUT2D eigenvalue weighted by atomic mass is 32.2. The van der Waals surface area contributed by atoms with E-state index in [1.54, 1.807) is 17.7 Å². The number of thioether (sulfide) groups is 1. The summed E-state index contributed by atoms with van der Waals surface area (Å²) in [7, 11) is 4.74. The van der Waals surface area contributed by atoms with Gasteiger partial charge in [0.15, 0.2) is 11.0 Å². The summed E-state index contributed by atoms with van der Waals surface area (Å²) < 4.78 is 17.5. The molecule has 0 atom stereocenters. The van der Waals surface area contributed by atoms with Crippen molar-refractivity contribution in [2.75, 3.05) is 25.3 Å². The van der Waals surface area contributed by atoms with Crippen LogP contribution >= 0.6 is 23.1 Å². The van der Waals surface area contributed by atoms with Crippen LogP contribution in [0.25, 0.3) is 0 Å². The van der Waals surface area contributed by atoms with E-state index in [4.69, 9.17) is 14.2 Å². The molecule has 3 rings (SSSR count). The van der Waals surface area contributed by atoms with Gasteiger partial charge < -0.3 is 24.1 Å². The number of benzene rings is 1. The molecule has 2 aromatic heterocycles. The van der Waals surface area contributed by atoms with Gasteiger partial charge in [-0.15, -0.1) is 21.5 Å². The van der Waals surface area contributed by atoms with Gasteiger partial charge in [-0.1, -0.05) is 18.7 Å². The summed E-state index contributed by atoms with van der Waals surface area (Å²) in [6.45, 7) is 2.22. The first-order chi connectivity index (χ1) is 15.4. The van der Waals surface area contributed by atoms with Crippen LogP contribution in [-0.4, -0.2) is 46.6 Å². The lowest BCUT2D eigenvalue weighted by Gasteiger charge is -2.07. The van der Waals surface area contributed by atoms with Crippen molar-refractivity contribution in [3.63, 3.8) is 0 Å². The average molecular weight is 477 g/mol. The van der Waals surface area contributed by atoms with Gasteiger partial charge in [0.05, 0.1) is 25.5 Å². The van der Waals surface area contributed by atoms with Crippen LogP contribution in [0, 0.1) is 0 Å². The summed E-state index contributed by atoms with van der Waals surface area (Å²) in [6.07, 6.45) is 0.763. The summed E-state index contributed by atoms with van der Waals surface area (Å²) in [5.41, 5.74) is 0.365. The molecule has 170 valence electrons. The van der Waals surface area contributed by atoms with Crippen LogP contribution < -0.4 is 14.8 Å². The molecule has 0 aliphatic heterocycles. The number of methoxy groups -OCH3 is 2. The molecule has 0 aliphatic carbocycles. The number of nitrogens with zero attached hydrogens (tertiary/aromatic N) is 3. The van der Waals surface area contributed by atoms with E-state index < -0.39 is 5.97 Å². The maximum Gasteiger partial charge on any atom is 0.340 e. The summed E-state index contributed by atoms with van der Waals surface area (Å²) in [5.74, 6) is 1.46. The van der Waals surface area contributed by atoms with Crippen molar-refractivity contribution in [1.82, 2.24) is 14.8 Å². The molecule has 0 spiro atoms. The standard InChI is InChI=1S/C21H24N4O5S2/c1-5-15-10-16(20(27)29-4)19(32-15)22-18(26)12-31-21-24-23-17(25(21)2)11-30-14-8-6-13(28-3)7-9-14/h6-10H,5,11-12H2,1-4H3,(H,22,26). The number of anilines is 1. The number of esters is 1. The van der Waals surface area contributed by atoms with E-state index in [1.165, 1.54) is 30.2 Å². The molecule has 0 unspecified atom stereocenters. The zero-order valence-electron chi connectivity index (χ0n) is 18.2. The largest absolute Gasteiger partial charge is 0.497 e. The molecule has 3 aromatic rings. The molecular weight excluding hydrogens is 452 g/mol. The Morgan fingerprint density at radius 2 is 1.88 bits per heavy atom. The highest BCUT2D eigenvalue weighted by Crippen LogP contribution is 2.29. The number of carbonyl (C=O) groups is 2. The fraction of sp³-hybridized carbons (Fsp3) is 0.333. The van der Waals surface area contributed by atoms with Crippen LogP contribution in [0.15, 0.2) is 35.5 Å². The second-order valence-electron chi connectivity index (χ2n) is 6.56. The molecule has 2 heterocycles. The SMILES string of the molecule is CCc1cc(C(=O)OC)c(NC(=O)CSc2nnc(COc3ccc(OC)cc3)n2C)s1. The minimum absolute atomic E-state index is 0.116. The molecule has 9 nitrogen and oxygen atoms in total. The number of hydrogen-bond donors (Lipinski definition) is 1. The molecule has 0 bridgehead atoms. The Bertz CT molecular complexity index is 1080. The average Bonchev–Trinajstić information content (AvgIpc) is 3.38. The highest BCUT2D eigenvalue weighted by molar-refractivity contribution is 7.99. The number of nitrogens with one attached hydrogen (secondary N) is 1. The lowest BCUT2D eigenvalue weighted by Crippen LogP contribution is -2.16. The van der Waals surface area contributed by atoms with Crippen LogP contribution in [0.5, 0.6) is 11.5 Å². The second kappa shape index (κ2) is 11.0. The summed E-state index contributed by atoms with van der Waals surface area (Å²) in [5, 5.41) is 12.2. The van der Waals surface area contributed by atoms with Gasteiger partial charge in [0, 0.05) is 11.9 Å². The molecule has 0 fully saturated rings. The van der Waals surface area contributed by atoms with E-state index >= 15 is 0 Å². The zero-order valence-corrected chi connectivity index (χ0v) is 19.8. The van der Waals surface area contributed by atoms with Gasteiger partial charge in [-0.25, -0.2) is 4.79 Å². The van der Waals surface area contributed by atoms with Crippen molar-refractivity contribution in [1.29, 1.82) is 0 Å². The first-order valence-corrected chi connectivity index (χ1v) is 11.5. The van der Waals surface area contributed by atoms with Crippen molar-refractivity contribution in [3.05, 3.63) is 46.6 Å². The molecule has 11 heteroatoms. The van der Waals surface area contributed by atoms with Crippen molar-refractivity contribution in [2.24, 2.45) is 7.05 Å². The van der Waals surface area contributed by atoms with Crippen LogP contribution in [-0.2, 0) is 29.6 Å². The molecule has 0 saturated carbocycles. The van der Waals surface area contributed by atoms with E-state index in [9.17, 15) is 9.59 Å². The number of aromatic nitrogens is 3. The number of carbonyl (C=O) groups excluding carboxylic acids is 2. The van der Waals surface area contributed by atoms with Crippen molar-refractivity contribution in [3.8, 4) is 11.5 Å². The van der Waals surface area contributed by atoms with Gasteiger partial charge in [-0.2, -0.15) is 0 Å². The first-order valence-electron chi connectivity index (χ1n) is 9.73. The van der Waals surface area contributed by atoms with Gasteiger partial charge in [0.25, 0.3) is 0 Å². The minimum Gasteiger partial charge on any atom is -0.497 e. The molecule has 0 aliphatic rings. The normalized spacial score (nSPS) is 10.6. The Hall–Kier alpha value is -3.05. The molecular formula is C21H24N4O5S2. The van der Waals surface area contributed by atoms with Crippen LogP contribution in [0.1, 0.15) is 28.0 Å². The number of ether oxygens (including phenoxy) is 3. The Balaban J connectivity index is 1.56. The summed E-state index contributed by atoms with van der Waals surface area (Å²) in [6, 6.07) is 9.00. The van der Waals surface area contributed by atoms with Gasteiger partial charge in [0.2, 0.25) is 5.91 Å². The fourth-order valence-electron chi connectivity index (χ4n) is 2.68.